The first-order valence-corrected chi connectivity index (χ1v) is 7.21. The summed E-state index contributed by atoms with van der Waals surface area (Å²) < 4.78 is 5.78. The monoisotopic (exact) mass is 310 g/mol. The van der Waals surface area contributed by atoms with Gasteiger partial charge in [0.15, 0.2) is 0 Å². The van der Waals surface area contributed by atoms with Crippen molar-refractivity contribution in [1.29, 1.82) is 0 Å². The lowest BCUT2D eigenvalue weighted by molar-refractivity contribution is 0.166. The first-order chi connectivity index (χ1) is 9.61. The number of ether oxygens (including phenoxy) is 1. The summed E-state index contributed by atoms with van der Waals surface area (Å²) >= 11 is 12.1. The third kappa shape index (κ3) is 3.66. The summed E-state index contributed by atoms with van der Waals surface area (Å²) in [6.45, 7) is 2.24. The van der Waals surface area contributed by atoms with E-state index in [1.165, 1.54) is 0 Å². The summed E-state index contributed by atoms with van der Waals surface area (Å²) in [6.07, 6.45) is 0.110. The van der Waals surface area contributed by atoms with E-state index in [9.17, 15) is 5.11 Å². The average Bonchev–Trinajstić information content (AvgIpc) is 2.47. The zero-order chi connectivity index (χ0) is 14.5. The topological polar surface area (TPSA) is 29.5 Å². The molecule has 2 aromatic rings. The predicted octanol–water partition coefficient (Wildman–Crippen LogP) is 5.02. The predicted molar refractivity (Wildman–Crippen MR) is 82.5 cm³/mol. The van der Waals surface area contributed by atoms with E-state index in [-0.39, 0.29) is 0 Å². The van der Waals surface area contributed by atoms with Gasteiger partial charge in [0.1, 0.15) is 12.4 Å². The van der Waals surface area contributed by atoms with Crippen molar-refractivity contribution >= 4 is 23.2 Å². The molecule has 106 valence electrons. The number of hydrogen-bond donors (Lipinski definition) is 1. The van der Waals surface area contributed by atoms with Crippen LogP contribution in [0.1, 0.15) is 30.6 Å². The minimum absolute atomic E-state index is 0.312. The van der Waals surface area contributed by atoms with Crippen molar-refractivity contribution in [2.45, 2.75) is 26.1 Å². The maximum Gasteiger partial charge on any atom is 0.125 e. The van der Waals surface area contributed by atoms with Gasteiger partial charge in [0.2, 0.25) is 0 Å². The summed E-state index contributed by atoms with van der Waals surface area (Å²) in [5, 5.41) is 11.2. The first kappa shape index (κ1) is 15.2. The number of para-hydroxylation sites is 1. The minimum Gasteiger partial charge on any atom is -0.488 e. The number of aliphatic hydroxyl groups excluding tert-OH is 1. The summed E-state index contributed by atoms with van der Waals surface area (Å²) in [4.78, 5) is 0. The van der Waals surface area contributed by atoms with Crippen molar-refractivity contribution in [3.8, 4) is 5.75 Å². The third-order valence-electron chi connectivity index (χ3n) is 3.06. The molecule has 1 atom stereocenters. The fourth-order valence-electron chi connectivity index (χ4n) is 1.92. The van der Waals surface area contributed by atoms with Gasteiger partial charge in [0, 0.05) is 21.2 Å². The van der Waals surface area contributed by atoms with Crippen LogP contribution < -0.4 is 4.74 Å². The molecule has 2 aromatic carbocycles. The Balaban J connectivity index is 2.17. The largest absolute Gasteiger partial charge is 0.488 e. The zero-order valence-electron chi connectivity index (χ0n) is 11.1. The Kier molecular flexibility index (Phi) is 5.30. The van der Waals surface area contributed by atoms with Crippen molar-refractivity contribution in [2.24, 2.45) is 0 Å². The second kappa shape index (κ2) is 6.98. The Bertz CT molecular complexity index is 584. The van der Waals surface area contributed by atoms with E-state index in [0.29, 0.717) is 28.8 Å². The van der Waals surface area contributed by atoms with Crippen LogP contribution in [0.5, 0.6) is 5.75 Å². The summed E-state index contributed by atoms with van der Waals surface area (Å²) in [5.41, 5.74) is 1.60. The van der Waals surface area contributed by atoms with Crippen molar-refractivity contribution in [3.63, 3.8) is 0 Å². The van der Waals surface area contributed by atoms with E-state index in [2.05, 4.69) is 0 Å². The Hall–Kier alpha value is -1.22. The maximum atomic E-state index is 9.98. The van der Waals surface area contributed by atoms with E-state index in [1.807, 2.05) is 31.2 Å². The van der Waals surface area contributed by atoms with Gasteiger partial charge in [-0.25, -0.2) is 0 Å². The fraction of sp³-hybridized carbons (Fsp3) is 0.250. The molecule has 0 aliphatic heterocycles. The molecule has 0 radical (unpaired) electrons. The second-order valence-corrected chi connectivity index (χ2v) is 5.33. The molecule has 0 aliphatic rings. The van der Waals surface area contributed by atoms with E-state index in [1.54, 1.807) is 18.2 Å². The molecular weight excluding hydrogens is 295 g/mol. The lowest BCUT2D eigenvalue weighted by Gasteiger charge is -2.15. The highest BCUT2D eigenvalue weighted by molar-refractivity contribution is 6.33. The molecular formula is C16H16Cl2O2. The van der Waals surface area contributed by atoms with E-state index in [0.717, 1.165) is 11.1 Å². The molecule has 2 nitrogen and oxygen atoms in total. The highest BCUT2D eigenvalue weighted by Gasteiger charge is 2.11. The van der Waals surface area contributed by atoms with Crippen LogP contribution in [0.3, 0.4) is 0 Å². The van der Waals surface area contributed by atoms with Gasteiger partial charge in [-0.05, 0) is 30.7 Å². The Morgan fingerprint density at radius 1 is 1.15 bits per heavy atom. The molecule has 1 N–H and O–H groups in total. The van der Waals surface area contributed by atoms with Gasteiger partial charge in [0.05, 0.1) is 6.10 Å². The molecule has 0 saturated carbocycles. The molecule has 0 aromatic heterocycles. The lowest BCUT2D eigenvalue weighted by atomic mass is 10.1. The summed E-state index contributed by atoms with van der Waals surface area (Å²) in [6, 6.07) is 12.7. The molecule has 4 heteroatoms. The van der Waals surface area contributed by atoms with Crippen molar-refractivity contribution in [1.82, 2.24) is 0 Å². The van der Waals surface area contributed by atoms with Crippen molar-refractivity contribution in [3.05, 3.63) is 63.6 Å². The molecule has 0 saturated heterocycles. The third-order valence-corrected chi connectivity index (χ3v) is 3.66. The van der Waals surface area contributed by atoms with Crippen LogP contribution in [0.2, 0.25) is 10.0 Å². The second-order valence-electron chi connectivity index (χ2n) is 4.49. The van der Waals surface area contributed by atoms with Gasteiger partial charge >= 0.3 is 0 Å². The minimum atomic E-state index is -0.527. The zero-order valence-corrected chi connectivity index (χ0v) is 12.7. The molecule has 0 amide bonds. The quantitative estimate of drug-likeness (QED) is 0.840. The Morgan fingerprint density at radius 2 is 1.90 bits per heavy atom. The standard InChI is InChI=1S/C16H16Cl2O2/c1-2-15(19)13-5-3-4-6-16(13)20-10-11-9-12(17)7-8-14(11)18/h3-9,15,19H,2,10H2,1H3. The SMILES string of the molecule is CCC(O)c1ccccc1OCc1cc(Cl)ccc1Cl. The maximum absolute atomic E-state index is 9.98. The number of rotatable bonds is 5. The highest BCUT2D eigenvalue weighted by atomic mass is 35.5. The van der Waals surface area contributed by atoms with Gasteiger partial charge < -0.3 is 9.84 Å². The number of benzene rings is 2. The lowest BCUT2D eigenvalue weighted by Crippen LogP contribution is -2.02. The van der Waals surface area contributed by atoms with Gasteiger partial charge in [-0.1, -0.05) is 48.3 Å². The molecule has 0 spiro atoms. The van der Waals surface area contributed by atoms with E-state index >= 15 is 0 Å². The van der Waals surface area contributed by atoms with Gasteiger partial charge in [-0.15, -0.1) is 0 Å². The summed E-state index contributed by atoms with van der Waals surface area (Å²) in [7, 11) is 0. The number of hydrogen-bond acceptors (Lipinski definition) is 2. The molecule has 0 bridgehead atoms. The van der Waals surface area contributed by atoms with E-state index < -0.39 is 6.10 Å². The molecule has 0 heterocycles. The van der Waals surface area contributed by atoms with E-state index in [4.69, 9.17) is 27.9 Å². The van der Waals surface area contributed by atoms with Crippen LogP contribution >= 0.6 is 23.2 Å². The van der Waals surface area contributed by atoms with Crippen LogP contribution in [-0.4, -0.2) is 5.11 Å². The number of halogens is 2. The molecule has 1 unspecified atom stereocenters. The van der Waals surface area contributed by atoms with Crippen LogP contribution in [0.15, 0.2) is 42.5 Å². The highest BCUT2D eigenvalue weighted by Crippen LogP contribution is 2.29. The van der Waals surface area contributed by atoms with Gasteiger partial charge in [0.25, 0.3) is 0 Å². The van der Waals surface area contributed by atoms with Crippen molar-refractivity contribution < 1.29 is 9.84 Å². The molecule has 2 rings (SSSR count). The fourth-order valence-corrected chi connectivity index (χ4v) is 2.28. The first-order valence-electron chi connectivity index (χ1n) is 6.45. The average molecular weight is 311 g/mol. The van der Waals surface area contributed by atoms with Crippen LogP contribution in [0.25, 0.3) is 0 Å². The summed E-state index contributed by atoms with van der Waals surface area (Å²) in [5.74, 6) is 0.665. The van der Waals surface area contributed by atoms with Crippen molar-refractivity contribution in [2.75, 3.05) is 0 Å². The van der Waals surface area contributed by atoms with Crippen LogP contribution in [0, 0.1) is 0 Å². The Labute approximate surface area is 128 Å². The smallest absolute Gasteiger partial charge is 0.125 e. The number of aliphatic hydroxyl groups is 1. The normalized spacial score (nSPS) is 12.2. The molecule has 20 heavy (non-hydrogen) atoms. The van der Waals surface area contributed by atoms with Crippen LogP contribution in [-0.2, 0) is 6.61 Å². The molecule has 0 fully saturated rings. The molecule has 0 aliphatic carbocycles. The van der Waals surface area contributed by atoms with Crippen LogP contribution in [0.4, 0.5) is 0 Å². The van der Waals surface area contributed by atoms with Gasteiger partial charge in [-0.3, -0.25) is 0 Å². The van der Waals surface area contributed by atoms with Gasteiger partial charge in [-0.2, -0.15) is 0 Å². The Morgan fingerprint density at radius 3 is 2.65 bits per heavy atom.